The van der Waals surface area contributed by atoms with Crippen LogP contribution in [0.3, 0.4) is 0 Å². The van der Waals surface area contributed by atoms with E-state index in [4.69, 9.17) is 0 Å². The van der Waals surface area contributed by atoms with Crippen LogP contribution < -0.4 is 5.32 Å². The summed E-state index contributed by atoms with van der Waals surface area (Å²) in [6.45, 7) is 4.87. The number of hydrogen-bond donors (Lipinski definition) is 1. The molecule has 1 unspecified atom stereocenters. The normalized spacial score (nSPS) is 17.1. The van der Waals surface area contributed by atoms with Crippen LogP contribution in [0.5, 0.6) is 0 Å². The quantitative estimate of drug-likeness (QED) is 0.787. The van der Waals surface area contributed by atoms with E-state index in [0.29, 0.717) is 5.92 Å². The number of rotatable bonds is 8. The Morgan fingerprint density at radius 3 is 2.86 bits per heavy atom. The molecule has 3 rings (SSSR count). The van der Waals surface area contributed by atoms with Crippen molar-refractivity contribution in [3.63, 3.8) is 0 Å². The highest BCUT2D eigenvalue weighted by atomic mass is 32.1. The largest absolute Gasteiger partial charge is 0.361 e. The average molecular weight is 322 g/mol. The lowest BCUT2D eigenvalue weighted by atomic mass is 10.0. The van der Waals surface area contributed by atoms with Gasteiger partial charge < -0.3 is 10.2 Å². The number of nitrogens with one attached hydrogen (secondary N) is 1. The third-order valence-electron chi connectivity index (χ3n) is 4.10. The maximum absolute atomic E-state index is 4.32. The maximum Gasteiger partial charge on any atom is 0.182 e. The van der Waals surface area contributed by atoms with Gasteiger partial charge in [-0.05, 0) is 56.8 Å². The molecule has 2 aromatic rings. The monoisotopic (exact) mass is 321 g/mol. The van der Waals surface area contributed by atoms with Crippen LogP contribution >= 0.6 is 22.7 Å². The van der Waals surface area contributed by atoms with E-state index < -0.39 is 0 Å². The Hall–Kier alpha value is -0.910. The lowest BCUT2D eigenvalue weighted by Crippen LogP contribution is -2.21. The molecule has 1 fully saturated rings. The van der Waals surface area contributed by atoms with E-state index in [1.165, 1.54) is 50.2 Å². The Balaban J connectivity index is 1.49. The average Bonchev–Trinajstić information content (AvgIpc) is 3.25. The van der Waals surface area contributed by atoms with Gasteiger partial charge in [-0.15, -0.1) is 22.7 Å². The minimum atomic E-state index is 0.608. The van der Waals surface area contributed by atoms with Crippen molar-refractivity contribution in [3.8, 4) is 0 Å². The van der Waals surface area contributed by atoms with Gasteiger partial charge in [-0.2, -0.15) is 0 Å². The molecular formula is C16H23N3S2. The van der Waals surface area contributed by atoms with Gasteiger partial charge in [0, 0.05) is 28.9 Å². The fourth-order valence-corrected chi connectivity index (χ4v) is 4.36. The number of thiophene rings is 1. The molecule has 3 heterocycles. The molecule has 0 aromatic carbocycles. The van der Waals surface area contributed by atoms with Crippen LogP contribution in [-0.4, -0.2) is 36.1 Å². The van der Waals surface area contributed by atoms with Crippen molar-refractivity contribution in [3.05, 3.63) is 34.0 Å². The minimum absolute atomic E-state index is 0.608. The van der Waals surface area contributed by atoms with Crippen LogP contribution in [0.4, 0.5) is 5.13 Å². The SMILES string of the molecule is c1csc(C(CCCN2CCCC2)CNc2nccs2)c1. The second-order valence-corrected chi connectivity index (χ2v) is 7.50. The first-order chi connectivity index (χ1) is 10.4. The molecule has 1 aliphatic heterocycles. The van der Waals surface area contributed by atoms with Gasteiger partial charge in [0.15, 0.2) is 5.13 Å². The number of nitrogens with zero attached hydrogens (tertiary/aromatic N) is 2. The van der Waals surface area contributed by atoms with Crippen molar-refractivity contribution < 1.29 is 0 Å². The third-order valence-corrected chi connectivity index (χ3v) is 5.87. The molecule has 5 heteroatoms. The first-order valence-corrected chi connectivity index (χ1v) is 9.57. The Morgan fingerprint density at radius 2 is 2.14 bits per heavy atom. The fourth-order valence-electron chi connectivity index (χ4n) is 2.96. The van der Waals surface area contributed by atoms with Crippen LogP contribution in [0.1, 0.15) is 36.5 Å². The first-order valence-electron chi connectivity index (χ1n) is 7.81. The van der Waals surface area contributed by atoms with Crippen molar-refractivity contribution in [2.24, 2.45) is 0 Å². The number of anilines is 1. The molecule has 0 aliphatic carbocycles. The molecule has 1 atom stereocenters. The van der Waals surface area contributed by atoms with Gasteiger partial charge in [-0.3, -0.25) is 0 Å². The summed E-state index contributed by atoms with van der Waals surface area (Å²) in [6, 6.07) is 4.44. The molecule has 21 heavy (non-hydrogen) atoms. The van der Waals surface area contributed by atoms with Crippen molar-refractivity contribution >= 4 is 27.8 Å². The van der Waals surface area contributed by atoms with Crippen molar-refractivity contribution in [2.75, 3.05) is 31.5 Å². The summed E-state index contributed by atoms with van der Waals surface area (Å²) in [5.74, 6) is 0.608. The van der Waals surface area contributed by atoms with Crippen LogP contribution in [0, 0.1) is 0 Å². The molecule has 0 amide bonds. The van der Waals surface area contributed by atoms with Gasteiger partial charge in [-0.25, -0.2) is 4.98 Å². The molecule has 0 spiro atoms. The summed E-state index contributed by atoms with van der Waals surface area (Å²) in [4.78, 5) is 8.43. The number of aromatic nitrogens is 1. The zero-order chi connectivity index (χ0) is 14.3. The highest BCUT2D eigenvalue weighted by Gasteiger charge is 2.15. The van der Waals surface area contributed by atoms with Gasteiger partial charge in [0.1, 0.15) is 0 Å². The lowest BCUT2D eigenvalue weighted by molar-refractivity contribution is 0.326. The highest BCUT2D eigenvalue weighted by Crippen LogP contribution is 2.27. The van der Waals surface area contributed by atoms with Crippen molar-refractivity contribution in [1.82, 2.24) is 9.88 Å². The molecule has 2 aromatic heterocycles. The fraction of sp³-hybridized carbons (Fsp3) is 0.562. The summed E-state index contributed by atoms with van der Waals surface area (Å²) in [6.07, 6.45) is 7.19. The Morgan fingerprint density at radius 1 is 1.24 bits per heavy atom. The molecule has 3 nitrogen and oxygen atoms in total. The van der Waals surface area contributed by atoms with E-state index >= 15 is 0 Å². The predicted molar refractivity (Wildman–Crippen MR) is 92.6 cm³/mol. The summed E-state index contributed by atoms with van der Waals surface area (Å²) in [7, 11) is 0. The zero-order valence-corrected chi connectivity index (χ0v) is 14.0. The number of likely N-dealkylation sites (tertiary alicyclic amines) is 1. The number of hydrogen-bond acceptors (Lipinski definition) is 5. The van der Waals surface area contributed by atoms with Gasteiger partial charge in [0.2, 0.25) is 0 Å². The van der Waals surface area contributed by atoms with Crippen molar-refractivity contribution in [1.29, 1.82) is 0 Å². The van der Waals surface area contributed by atoms with Gasteiger partial charge in [0.05, 0.1) is 0 Å². The molecule has 0 saturated carbocycles. The van der Waals surface area contributed by atoms with Crippen LogP contribution in [0.15, 0.2) is 29.1 Å². The first kappa shape index (κ1) is 15.0. The van der Waals surface area contributed by atoms with Crippen LogP contribution in [0.2, 0.25) is 0 Å². The Bertz CT molecular complexity index is 490. The molecule has 1 aliphatic rings. The summed E-state index contributed by atoms with van der Waals surface area (Å²) in [5.41, 5.74) is 0. The second kappa shape index (κ2) is 7.92. The molecular weight excluding hydrogens is 298 g/mol. The second-order valence-electron chi connectivity index (χ2n) is 5.62. The standard InChI is InChI=1S/C16H23N3S2/c1-2-9-19(8-1)10-3-5-14(15-6-4-11-20-15)13-18-16-17-7-12-21-16/h4,6-7,11-12,14H,1-3,5,8-10,13H2,(H,17,18). The maximum atomic E-state index is 4.32. The summed E-state index contributed by atoms with van der Waals surface area (Å²) in [5, 5.41) is 8.74. The molecule has 1 saturated heterocycles. The van der Waals surface area contributed by atoms with Gasteiger partial charge in [-0.1, -0.05) is 6.07 Å². The lowest BCUT2D eigenvalue weighted by Gasteiger charge is -2.19. The van der Waals surface area contributed by atoms with Crippen LogP contribution in [0.25, 0.3) is 0 Å². The van der Waals surface area contributed by atoms with Crippen LogP contribution in [-0.2, 0) is 0 Å². The molecule has 0 radical (unpaired) electrons. The van der Waals surface area contributed by atoms with E-state index in [9.17, 15) is 0 Å². The predicted octanol–water partition coefficient (Wildman–Crippen LogP) is 4.28. The highest BCUT2D eigenvalue weighted by molar-refractivity contribution is 7.13. The topological polar surface area (TPSA) is 28.2 Å². The van der Waals surface area contributed by atoms with Crippen molar-refractivity contribution in [2.45, 2.75) is 31.6 Å². The third kappa shape index (κ3) is 4.53. The van der Waals surface area contributed by atoms with E-state index in [-0.39, 0.29) is 0 Å². The Labute approximate surface area is 135 Å². The molecule has 114 valence electrons. The van der Waals surface area contributed by atoms with E-state index in [1.807, 2.05) is 22.9 Å². The number of thiazole rings is 1. The molecule has 0 bridgehead atoms. The van der Waals surface area contributed by atoms with Gasteiger partial charge in [0.25, 0.3) is 0 Å². The van der Waals surface area contributed by atoms with E-state index in [1.54, 1.807) is 11.3 Å². The summed E-state index contributed by atoms with van der Waals surface area (Å²) >= 11 is 3.56. The molecule has 1 N–H and O–H groups in total. The van der Waals surface area contributed by atoms with E-state index in [0.717, 1.165) is 11.7 Å². The smallest absolute Gasteiger partial charge is 0.182 e. The minimum Gasteiger partial charge on any atom is -0.361 e. The summed E-state index contributed by atoms with van der Waals surface area (Å²) < 4.78 is 0. The van der Waals surface area contributed by atoms with E-state index in [2.05, 4.69) is 32.7 Å². The Kier molecular flexibility index (Phi) is 5.66. The zero-order valence-electron chi connectivity index (χ0n) is 12.3. The van der Waals surface area contributed by atoms with Gasteiger partial charge >= 0.3 is 0 Å².